The molecule has 168 valence electrons. The van der Waals surface area contributed by atoms with Gasteiger partial charge < -0.3 is 0 Å². The lowest BCUT2D eigenvalue weighted by molar-refractivity contribution is -0.122. The van der Waals surface area contributed by atoms with Gasteiger partial charge in [-0.1, -0.05) is 35.9 Å². The van der Waals surface area contributed by atoms with E-state index in [1.54, 1.807) is 24.3 Å². The number of carbonyl (C=O) groups excluding carboxylic acids is 3. The normalized spacial score (nSPS) is 31.9. The maximum Gasteiger partial charge on any atom is 0.335 e. The van der Waals surface area contributed by atoms with Crippen molar-refractivity contribution < 1.29 is 14.4 Å². The first-order chi connectivity index (χ1) is 15.9. The fourth-order valence-electron chi connectivity index (χ4n) is 7.05. The van der Waals surface area contributed by atoms with Gasteiger partial charge in [0.1, 0.15) is 5.57 Å². The summed E-state index contributed by atoms with van der Waals surface area (Å²) in [5.74, 6) is 1.22. The second-order valence-electron chi connectivity index (χ2n) is 10.3. The Hall–Kier alpha value is -2.92. The summed E-state index contributed by atoms with van der Waals surface area (Å²) in [5, 5.41) is 2.86. The summed E-state index contributed by atoms with van der Waals surface area (Å²) in [5.41, 5.74) is 2.62. The third-order valence-corrected chi connectivity index (χ3v) is 8.31. The molecule has 2 aromatic carbocycles. The van der Waals surface area contributed by atoms with Gasteiger partial charge in [-0.2, -0.15) is 0 Å². The number of urea groups is 1. The standard InChI is InChI=1S/C27H25ClN2O3/c28-21-5-1-16(2-6-21)12-23-24(31)29-26(33)30(25(23)32)22-7-3-20(4-8-22)27-13-17-9-18(14-27)11-19(10-17)15-27/h1-8,12,17-19H,9-11,13-15H2,(H,29,31,33)/b23-12+. The van der Waals surface area contributed by atoms with Crippen LogP contribution in [0.25, 0.3) is 6.08 Å². The van der Waals surface area contributed by atoms with Gasteiger partial charge in [0.2, 0.25) is 0 Å². The molecule has 7 rings (SSSR count). The van der Waals surface area contributed by atoms with E-state index in [1.807, 2.05) is 12.1 Å². The number of rotatable bonds is 3. The Morgan fingerprint density at radius 2 is 1.42 bits per heavy atom. The topological polar surface area (TPSA) is 66.5 Å². The molecule has 4 aliphatic carbocycles. The Bertz CT molecular complexity index is 1150. The van der Waals surface area contributed by atoms with E-state index in [0.29, 0.717) is 16.3 Å². The van der Waals surface area contributed by atoms with Crippen molar-refractivity contribution in [3.8, 4) is 0 Å². The first-order valence-corrected chi connectivity index (χ1v) is 12.1. The molecule has 1 saturated heterocycles. The number of nitrogens with one attached hydrogen (secondary N) is 1. The van der Waals surface area contributed by atoms with Gasteiger partial charge in [-0.25, -0.2) is 9.69 Å². The molecule has 2 aromatic rings. The molecule has 1 aliphatic heterocycles. The fraction of sp³-hybridized carbons (Fsp3) is 0.370. The van der Waals surface area contributed by atoms with Crippen LogP contribution in [0.5, 0.6) is 0 Å². The highest BCUT2D eigenvalue weighted by atomic mass is 35.5. The number of benzene rings is 2. The van der Waals surface area contributed by atoms with Crippen LogP contribution in [0.2, 0.25) is 5.02 Å². The summed E-state index contributed by atoms with van der Waals surface area (Å²) >= 11 is 5.93. The zero-order valence-electron chi connectivity index (χ0n) is 18.2. The summed E-state index contributed by atoms with van der Waals surface area (Å²) in [4.78, 5) is 39.2. The van der Waals surface area contributed by atoms with Crippen molar-refractivity contribution in [3.63, 3.8) is 0 Å². The fourth-order valence-corrected chi connectivity index (χ4v) is 7.17. The zero-order valence-corrected chi connectivity index (χ0v) is 19.0. The van der Waals surface area contributed by atoms with Crippen LogP contribution in [0, 0.1) is 17.8 Å². The molecular formula is C27H25ClN2O3. The summed E-state index contributed by atoms with van der Waals surface area (Å²) in [6.45, 7) is 0. The predicted molar refractivity (Wildman–Crippen MR) is 127 cm³/mol. The Kier molecular flexibility index (Phi) is 4.73. The van der Waals surface area contributed by atoms with Crippen LogP contribution in [-0.2, 0) is 15.0 Å². The smallest absolute Gasteiger partial charge is 0.273 e. The maximum atomic E-state index is 13.2. The third kappa shape index (κ3) is 3.50. The maximum absolute atomic E-state index is 13.2. The van der Waals surface area contributed by atoms with E-state index in [4.69, 9.17) is 11.6 Å². The summed E-state index contributed by atoms with van der Waals surface area (Å²) in [6.07, 6.45) is 9.40. The molecule has 4 saturated carbocycles. The molecule has 4 amide bonds. The molecule has 0 unspecified atom stereocenters. The monoisotopic (exact) mass is 460 g/mol. The number of hydrogen-bond acceptors (Lipinski definition) is 3. The molecule has 4 bridgehead atoms. The van der Waals surface area contributed by atoms with Gasteiger partial charge in [-0.3, -0.25) is 14.9 Å². The van der Waals surface area contributed by atoms with Gasteiger partial charge in [-0.15, -0.1) is 0 Å². The molecule has 0 aromatic heterocycles. The summed E-state index contributed by atoms with van der Waals surface area (Å²) in [7, 11) is 0. The molecule has 33 heavy (non-hydrogen) atoms. The molecule has 0 radical (unpaired) electrons. The SMILES string of the molecule is O=C1NC(=O)N(c2ccc(C34CC5CC(CC(C5)C3)C4)cc2)C(=O)/C1=C/c1ccc(Cl)cc1. The van der Waals surface area contributed by atoms with Crippen LogP contribution in [0.3, 0.4) is 0 Å². The first kappa shape index (κ1) is 20.7. The average Bonchev–Trinajstić information content (AvgIpc) is 2.77. The molecule has 1 heterocycles. The van der Waals surface area contributed by atoms with Crippen molar-refractivity contribution in [2.75, 3.05) is 4.90 Å². The van der Waals surface area contributed by atoms with Crippen molar-refractivity contribution in [1.82, 2.24) is 5.32 Å². The molecule has 1 N–H and O–H groups in total. The molecular weight excluding hydrogens is 436 g/mol. The van der Waals surface area contributed by atoms with Gasteiger partial charge >= 0.3 is 6.03 Å². The number of imide groups is 2. The number of barbiturate groups is 1. The second-order valence-corrected chi connectivity index (χ2v) is 10.7. The molecule has 0 spiro atoms. The van der Waals surface area contributed by atoms with Gasteiger partial charge in [0.15, 0.2) is 0 Å². The minimum atomic E-state index is -0.721. The Labute approximate surface area is 197 Å². The van der Waals surface area contributed by atoms with Gasteiger partial charge in [-0.05, 0) is 103 Å². The van der Waals surface area contributed by atoms with Crippen LogP contribution < -0.4 is 10.2 Å². The lowest BCUT2D eigenvalue weighted by Gasteiger charge is -2.57. The van der Waals surface area contributed by atoms with Crippen LogP contribution in [0.4, 0.5) is 10.5 Å². The Balaban J connectivity index is 1.29. The number of halogens is 1. The minimum absolute atomic E-state index is 0.0814. The number of anilines is 1. The lowest BCUT2D eigenvalue weighted by Crippen LogP contribution is -2.54. The van der Waals surface area contributed by atoms with Crippen LogP contribution >= 0.6 is 11.6 Å². The van der Waals surface area contributed by atoms with E-state index in [9.17, 15) is 14.4 Å². The minimum Gasteiger partial charge on any atom is -0.273 e. The highest BCUT2D eigenvalue weighted by Gasteiger charge is 2.51. The quantitative estimate of drug-likeness (QED) is 0.487. The van der Waals surface area contributed by atoms with Crippen molar-refractivity contribution in [3.05, 3.63) is 70.3 Å². The Morgan fingerprint density at radius 3 is 2.00 bits per heavy atom. The van der Waals surface area contributed by atoms with Crippen molar-refractivity contribution in [2.45, 2.75) is 43.9 Å². The Morgan fingerprint density at radius 1 is 0.848 bits per heavy atom. The van der Waals surface area contributed by atoms with Gasteiger partial charge in [0.25, 0.3) is 11.8 Å². The van der Waals surface area contributed by atoms with E-state index >= 15 is 0 Å². The second kappa shape index (κ2) is 7.56. The molecule has 0 atom stereocenters. The molecule has 5 fully saturated rings. The van der Waals surface area contributed by atoms with Crippen molar-refractivity contribution >= 4 is 41.2 Å². The van der Waals surface area contributed by atoms with Crippen molar-refractivity contribution in [1.29, 1.82) is 0 Å². The number of nitrogens with zero attached hydrogens (tertiary/aromatic N) is 1. The summed E-state index contributed by atoms with van der Waals surface area (Å²) in [6, 6.07) is 14.0. The average molecular weight is 461 g/mol. The van der Waals surface area contributed by atoms with E-state index in [2.05, 4.69) is 17.4 Å². The zero-order chi connectivity index (χ0) is 22.7. The van der Waals surface area contributed by atoms with Crippen molar-refractivity contribution in [2.24, 2.45) is 17.8 Å². The largest absolute Gasteiger partial charge is 0.335 e. The van der Waals surface area contributed by atoms with Gasteiger partial charge in [0, 0.05) is 5.02 Å². The molecule has 5 nitrogen and oxygen atoms in total. The summed E-state index contributed by atoms with van der Waals surface area (Å²) < 4.78 is 0. The van der Waals surface area contributed by atoms with E-state index in [-0.39, 0.29) is 11.0 Å². The molecule has 6 heteroatoms. The van der Waals surface area contributed by atoms with E-state index < -0.39 is 17.8 Å². The van der Waals surface area contributed by atoms with E-state index in [0.717, 1.165) is 22.7 Å². The lowest BCUT2D eigenvalue weighted by atomic mass is 9.48. The number of hydrogen-bond donors (Lipinski definition) is 1. The first-order valence-electron chi connectivity index (χ1n) is 11.7. The third-order valence-electron chi connectivity index (χ3n) is 8.06. The van der Waals surface area contributed by atoms with Crippen LogP contribution in [0.1, 0.15) is 49.7 Å². The van der Waals surface area contributed by atoms with Crippen LogP contribution in [-0.4, -0.2) is 17.8 Å². The number of amides is 4. The van der Waals surface area contributed by atoms with E-state index in [1.165, 1.54) is 50.2 Å². The highest BCUT2D eigenvalue weighted by Crippen LogP contribution is 2.60. The molecule has 5 aliphatic rings. The predicted octanol–water partition coefficient (Wildman–Crippen LogP) is 5.47. The van der Waals surface area contributed by atoms with Gasteiger partial charge in [0.05, 0.1) is 5.69 Å². The number of carbonyl (C=O) groups is 3. The van der Waals surface area contributed by atoms with Crippen LogP contribution in [0.15, 0.2) is 54.1 Å². The highest BCUT2D eigenvalue weighted by molar-refractivity contribution is 6.39.